The van der Waals surface area contributed by atoms with E-state index < -0.39 is 11.4 Å². The lowest BCUT2D eigenvalue weighted by Gasteiger charge is -2.24. The SMILES string of the molecule is CCC(C)(C)NC(=O)Nc1cccc(Nc2ncc(F)c(NCC(C)(C)O)n2)c1. The predicted molar refractivity (Wildman–Crippen MR) is 113 cm³/mol. The van der Waals surface area contributed by atoms with Gasteiger partial charge >= 0.3 is 6.03 Å². The van der Waals surface area contributed by atoms with Crippen LogP contribution in [-0.4, -0.2) is 38.8 Å². The number of carbonyl (C=O) groups is 1. The molecular weight excluding hydrogens is 375 g/mol. The van der Waals surface area contributed by atoms with Crippen LogP contribution in [0.25, 0.3) is 0 Å². The van der Waals surface area contributed by atoms with Crippen molar-refractivity contribution in [3.63, 3.8) is 0 Å². The standard InChI is InChI=1S/C20H29FN6O2/c1-6-19(2,3)27-18(28)25-14-9-7-8-13(10-14)24-17-22-11-15(21)16(26-17)23-12-20(4,5)29/h7-11,29H,6,12H2,1-5H3,(H2,25,27,28)(H2,22,23,24,26). The number of hydrogen-bond acceptors (Lipinski definition) is 6. The number of aromatic nitrogens is 2. The van der Waals surface area contributed by atoms with E-state index in [1.165, 1.54) is 0 Å². The maximum Gasteiger partial charge on any atom is 0.319 e. The molecule has 5 N–H and O–H groups in total. The number of amides is 2. The van der Waals surface area contributed by atoms with Crippen LogP contribution in [0.2, 0.25) is 0 Å². The van der Waals surface area contributed by atoms with Crippen LogP contribution >= 0.6 is 0 Å². The number of hydrogen-bond donors (Lipinski definition) is 5. The van der Waals surface area contributed by atoms with Crippen molar-refractivity contribution in [2.45, 2.75) is 52.2 Å². The summed E-state index contributed by atoms with van der Waals surface area (Å²) in [5, 5.41) is 21.2. The second kappa shape index (κ2) is 9.04. The summed E-state index contributed by atoms with van der Waals surface area (Å²) in [6.07, 6.45) is 1.85. The van der Waals surface area contributed by atoms with Gasteiger partial charge < -0.3 is 26.4 Å². The molecule has 0 fully saturated rings. The van der Waals surface area contributed by atoms with Crippen LogP contribution in [0.4, 0.5) is 32.3 Å². The third-order valence-corrected chi connectivity index (χ3v) is 4.14. The summed E-state index contributed by atoms with van der Waals surface area (Å²) in [5.74, 6) is -0.455. The van der Waals surface area contributed by atoms with Gasteiger partial charge in [-0.2, -0.15) is 4.98 Å². The lowest BCUT2D eigenvalue weighted by molar-refractivity contribution is 0.0943. The van der Waals surface area contributed by atoms with E-state index in [4.69, 9.17) is 0 Å². The van der Waals surface area contributed by atoms with Crippen LogP contribution in [0, 0.1) is 5.82 Å². The molecule has 158 valence electrons. The average molecular weight is 404 g/mol. The van der Waals surface area contributed by atoms with Crippen molar-refractivity contribution >= 4 is 29.2 Å². The van der Waals surface area contributed by atoms with Crippen molar-refractivity contribution in [1.29, 1.82) is 0 Å². The first-order chi connectivity index (χ1) is 13.5. The zero-order valence-corrected chi connectivity index (χ0v) is 17.4. The Bertz CT molecular complexity index is 851. The lowest BCUT2D eigenvalue weighted by Crippen LogP contribution is -2.45. The fraction of sp³-hybridized carbons (Fsp3) is 0.450. The highest BCUT2D eigenvalue weighted by atomic mass is 19.1. The fourth-order valence-electron chi connectivity index (χ4n) is 2.21. The smallest absolute Gasteiger partial charge is 0.319 e. The second-order valence-electron chi connectivity index (χ2n) is 8.08. The van der Waals surface area contributed by atoms with Crippen molar-refractivity contribution in [3.05, 3.63) is 36.3 Å². The number of aliphatic hydroxyl groups is 1. The van der Waals surface area contributed by atoms with E-state index in [-0.39, 0.29) is 29.9 Å². The minimum Gasteiger partial charge on any atom is -0.389 e. The van der Waals surface area contributed by atoms with Crippen LogP contribution < -0.4 is 21.3 Å². The van der Waals surface area contributed by atoms with E-state index in [2.05, 4.69) is 31.2 Å². The molecule has 0 saturated heterocycles. The number of halogens is 1. The topological polar surface area (TPSA) is 111 Å². The number of nitrogens with one attached hydrogen (secondary N) is 4. The van der Waals surface area contributed by atoms with E-state index in [1.54, 1.807) is 38.1 Å². The summed E-state index contributed by atoms with van der Waals surface area (Å²) in [4.78, 5) is 20.2. The molecule has 0 atom stereocenters. The number of anilines is 4. The second-order valence-corrected chi connectivity index (χ2v) is 8.08. The molecule has 1 heterocycles. The molecule has 0 aliphatic heterocycles. The van der Waals surface area contributed by atoms with Gasteiger partial charge in [0.05, 0.1) is 11.8 Å². The van der Waals surface area contributed by atoms with Crippen molar-refractivity contribution in [1.82, 2.24) is 15.3 Å². The Morgan fingerprint density at radius 1 is 1.21 bits per heavy atom. The lowest BCUT2D eigenvalue weighted by atomic mass is 10.0. The Morgan fingerprint density at radius 2 is 1.90 bits per heavy atom. The van der Waals surface area contributed by atoms with Crippen molar-refractivity contribution in [3.8, 4) is 0 Å². The van der Waals surface area contributed by atoms with Crippen molar-refractivity contribution in [2.24, 2.45) is 0 Å². The number of rotatable bonds is 8. The van der Waals surface area contributed by atoms with E-state index >= 15 is 0 Å². The van der Waals surface area contributed by atoms with Crippen molar-refractivity contribution < 1.29 is 14.3 Å². The van der Waals surface area contributed by atoms with Crippen LogP contribution in [0.5, 0.6) is 0 Å². The van der Waals surface area contributed by atoms with Gasteiger partial charge in [0.25, 0.3) is 0 Å². The minimum atomic E-state index is -1.02. The third kappa shape index (κ3) is 7.53. The zero-order valence-electron chi connectivity index (χ0n) is 17.4. The van der Waals surface area contributed by atoms with Gasteiger partial charge in [0.2, 0.25) is 5.95 Å². The average Bonchev–Trinajstić information content (AvgIpc) is 2.61. The molecule has 0 unspecified atom stereocenters. The molecular formula is C20H29FN6O2. The summed E-state index contributed by atoms with van der Waals surface area (Å²) in [6.45, 7) is 9.23. The van der Waals surface area contributed by atoms with Crippen LogP contribution in [0.15, 0.2) is 30.5 Å². The summed E-state index contributed by atoms with van der Waals surface area (Å²) >= 11 is 0. The zero-order chi connectivity index (χ0) is 21.7. The highest BCUT2D eigenvalue weighted by Gasteiger charge is 2.18. The number of benzene rings is 1. The molecule has 0 aliphatic rings. The largest absolute Gasteiger partial charge is 0.389 e. The molecule has 9 heteroatoms. The van der Waals surface area contributed by atoms with Crippen LogP contribution in [0.3, 0.4) is 0 Å². The first-order valence-corrected chi connectivity index (χ1v) is 9.42. The Balaban J connectivity index is 2.07. The Morgan fingerprint density at radius 3 is 2.55 bits per heavy atom. The predicted octanol–water partition coefficient (Wildman–Crippen LogP) is 3.85. The molecule has 0 spiro atoms. The molecule has 0 radical (unpaired) electrons. The maximum absolute atomic E-state index is 13.9. The monoisotopic (exact) mass is 404 g/mol. The first-order valence-electron chi connectivity index (χ1n) is 9.42. The molecule has 0 saturated carbocycles. The molecule has 0 bridgehead atoms. The molecule has 0 aliphatic carbocycles. The molecule has 2 aromatic rings. The van der Waals surface area contributed by atoms with E-state index in [0.717, 1.165) is 12.6 Å². The van der Waals surface area contributed by atoms with Crippen LogP contribution in [-0.2, 0) is 0 Å². The molecule has 2 amide bonds. The van der Waals surface area contributed by atoms with Gasteiger partial charge in [-0.25, -0.2) is 14.2 Å². The minimum absolute atomic E-state index is 0.0138. The highest BCUT2D eigenvalue weighted by Crippen LogP contribution is 2.20. The van der Waals surface area contributed by atoms with Gasteiger partial charge in [0.1, 0.15) is 0 Å². The molecule has 1 aromatic carbocycles. The Hall–Kier alpha value is -2.94. The first kappa shape index (κ1) is 22.4. The maximum atomic E-state index is 13.9. The van der Waals surface area contributed by atoms with Gasteiger partial charge in [0.15, 0.2) is 11.6 Å². The molecule has 29 heavy (non-hydrogen) atoms. The fourth-order valence-corrected chi connectivity index (χ4v) is 2.21. The normalized spacial score (nSPS) is 11.7. The van der Waals surface area contributed by atoms with Gasteiger partial charge in [-0.3, -0.25) is 0 Å². The van der Waals surface area contributed by atoms with Gasteiger partial charge in [0, 0.05) is 23.5 Å². The van der Waals surface area contributed by atoms with E-state index in [0.29, 0.717) is 11.4 Å². The van der Waals surface area contributed by atoms with E-state index in [1.807, 2.05) is 20.8 Å². The molecule has 1 aromatic heterocycles. The molecule has 8 nitrogen and oxygen atoms in total. The van der Waals surface area contributed by atoms with Crippen LogP contribution in [0.1, 0.15) is 41.0 Å². The van der Waals surface area contributed by atoms with Crippen molar-refractivity contribution in [2.75, 3.05) is 22.5 Å². The Labute approximate surface area is 170 Å². The van der Waals surface area contributed by atoms with E-state index in [9.17, 15) is 14.3 Å². The third-order valence-electron chi connectivity index (χ3n) is 4.14. The quantitative estimate of drug-likeness (QED) is 0.457. The number of carbonyl (C=O) groups excluding carboxylic acids is 1. The highest BCUT2D eigenvalue weighted by molar-refractivity contribution is 5.90. The number of urea groups is 1. The van der Waals surface area contributed by atoms with Gasteiger partial charge in [-0.05, 0) is 52.3 Å². The van der Waals surface area contributed by atoms with Gasteiger partial charge in [-0.15, -0.1) is 0 Å². The number of nitrogens with zero attached hydrogens (tertiary/aromatic N) is 2. The van der Waals surface area contributed by atoms with Gasteiger partial charge in [-0.1, -0.05) is 13.0 Å². The summed E-state index contributed by atoms with van der Waals surface area (Å²) < 4.78 is 13.9. The summed E-state index contributed by atoms with van der Waals surface area (Å²) in [5.41, 5.74) is -0.119. The summed E-state index contributed by atoms with van der Waals surface area (Å²) in [6, 6.07) is 6.71. The summed E-state index contributed by atoms with van der Waals surface area (Å²) in [7, 11) is 0. The Kier molecular flexibility index (Phi) is 6.97. The molecule has 2 rings (SSSR count).